The van der Waals surface area contributed by atoms with Gasteiger partial charge in [0.15, 0.2) is 5.65 Å². The number of nitrogens with zero attached hydrogens (tertiary/aromatic N) is 5. The van der Waals surface area contributed by atoms with Crippen molar-refractivity contribution < 1.29 is 5.11 Å². The maximum Gasteiger partial charge on any atom is 0.156 e. The first-order valence-corrected chi connectivity index (χ1v) is 9.34. The van der Waals surface area contributed by atoms with Gasteiger partial charge in [-0.15, -0.1) is 0 Å². The Labute approximate surface area is 171 Å². The van der Waals surface area contributed by atoms with E-state index >= 15 is 0 Å². The van der Waals surface area contributed by atoms with Crippen molar-refractivity contribution in [3.05, 3.63) is 84.6 Å². The Morgan fingerprint density at radius 2 is 1.80 bits per heavy atom. The van der Waals surface area contributed by atoms with Crippen LogP contribution in [0, 0.1) is 11.3 Å². The lowest BCUT2D eigenvalue weighted by atomic mass is 9.94. The van der Waals surface area contributed by atoms with Crippen molar-refractivity contribution in [3.8, 4) is 34.2 Å². The van der Waals surface area contributed by atoms with Gasteiger partial charge in [0.05, 0.1) is 23.8 Å². The van der Waals surface area contributed by atoms with Gasteiger partial charge in [-0.1, -0.05) is 24.3 Å². The smallest absolute Gasteiger partial charge is 0.156 e. The summed E-state index contributed by atoms with van der Waals surface area (Å²) in [4.78, 5) is 8.70. The molecule has 5 aromatic rings. The molecule has 30 heavy (non-hydrogen) atoms. The molecule has 0 radical (unpaired) electrons. The lowest BCUT2D eigenvalue weighted by molar-refractivity contribution is 0.475. The summed E-state index contributed by atoms with van der Waals surface area (Å²) in [7, 11) is 0. The number of phenolic OH excluding ortho intramolecular Hbond substituents is 1. The van der Waals surface area contributed by atoms with Crippen molar-refractivity contribution in [1.29, 1.82) is 5.26 Å². The van der Waals surface area contributed by atoms with Crippen LogP contribution in [-0.2, 0) is 6.54 Å². The molecule has 7 nitrogen and oxygen atoms in total. The molecule has 0 unspecified atom stereocenters. The molecule has 0 saturated carbocycles. The maximum absolute atomic E-state index is 10.0. The van der Waals surface area contributed by atoms with Gasteiger partial charge in [0.2, 0.25) is 0 Å². The van der Waals surface area contributed by atoms with E-state index in [1.807, 2.05) is 35.0 Å². The Morgan fingerprint density at radius 3 is 2.50 bits per heavy atom. The normalized spacial score (nSPS) is 10.9. The molecule has 0 spiro atoms. The largest absolute Gasteiger partial charge is 0.508 e. The summed E-state index contributed by atoms with van der Waals surface area (Å²) in [6.45, 7) is 0.724. The van der Waals surface area contributed by atoms with Crippen LogP contribution in [0.4, 0.5) is 0 Å². The van der Waals surface area contributed by atoms with Crippen molar-refractivity contribution in [2.45, 2.75) is 6.54 Å². The van der Waals surface area contributed by atoms with Crippen LogP contribution < -0.4 is 0 Å². The highest BCUT2D eigenvalue weighted by Gasteiger charge is 2.19. The minimum Gasteiger partial charge on any atom is -0.508 e. The fourth-order valence-electron chi connectivity index (χ4n) is 3.57. The number of imidazole rings is 1. The van der Waals surface area contributed by atoms with Gasteiger partial charge in [0.25, 0.3) is 0 Å². The fraction of sp³-hybridized carbons (Fsp3) is 0.0435. The number of pyridine rings is 1. The molecule has 0 aliphatic carbocycles. The number of aromatic hydroxyl groups is 1. The van der Waals surface area contributed by atoms with Crippen LogP contribution in [0.1, 0.15) is 11.1 Å². The van der Waals surface area contributed by atoms with E-state index in [1.165, 1.54) is 0 Å². The van der Waals surface area contributed by atoms with Gasteiger partial charge >= 0.3 is 0 Å². The number of aromatic amines is 1. The van der Waals surface area contributed by atoms with Gasteiger partial charge in [0.1, 0.15) is 11.8 Å². The second-order valence-corrected chi connectivity index (χ2v) is 6.93. The highest BCUT2D eigenvalue weighted by Crippen LogP contribution is 2.36. The third-order valence-corrected chi connectivity index (χ3v) is 5.02. The molecule has 0 bridgehead atoms. The van der Waals surface area contributed by atoms with Crippen molar-refractivity contribution in [2.24, 2.45) is 0 Å². The SMILES string of the molecule is N#Cc1c(-c2ccc(O)cc2)nc2[nH]ncc2c1-c1ccc(Cn2ccnc2)cc1. The Morgan fingerprint density at radius 1 is 1.03 bits per heavy atom. The van der Waals surface area contributed by atoms with E-state index in [2.05, 4.69) is 26.2 Å². The van der Waals surface area contributed by atoms with Crippen molar-refractivity contribution in [3.63, 3.8) is 0 Å². The summed E-state index contributed by atoms with van der Waals surface area (Å²) in [6, 6.07) is 17.1. The van der Waals surface area contributed by atoms with E-state index in [1.54, 1.807) is 43.0 Å². The van der Waals surface area contributed by atoms with Crippen LogP contribution in [0.25, 0.3) is 33.4 Å². The van der Waals surface area contributed by atoms with E-state index in [0.717, 1.165) is 34.2 Å². The minimum atomic E-state index is 0.161. The molecule has 0 atom stereocenters. The molecule has 0 aliphatic heterocycles. The predicted molar refractivity (Wildman–Crippen MR) is 112 cm³/mol. The third kappa shape index (κ3) is 3.06. The number of rotatable bonds is 4. The number of H-pyrrole nitrogens is 1. The molecular weight excluding hydrogens is 376 g/mol. The van der Waals surface area contributed by atoms with E-state index in [0.29, 0.717) is 16.9 Å². The minimum absolute atomic E-state index is 0.161. The second-order valence-electron chi connectivity index (χ2n) is 6.93. The van der Waals surface area contributed by atoms with Crippen LogP contribution in [0.15, 0.2) is 73.4 Å². The number of nitriles is 1. The number of hydrogen-bond acceptors (Lipinski definition) is 5. The molecule has 7 heteroatoms. The van der Waals surface area contributed by atoms with Crippen LogP contribution >= 0.6 is 0 Å². The Kier molecular flexibility index (Phi) is 4.23. The first kappa shape index (κ1) is 17.6. The molecule has 0 aliphatic rings. The number of phenols is 1. The van der Waals surface area contributed by atoms with Gasteiger partial charge in [-0.25, -0.2) is 9.97 Å². The lowest BCUT2D eigenvalue weighted by Crippen LogP contribution is -1.98. The summed E-state index contributed by atoms with van der Waals surface area (Å²) in [6.07, 6.45) is 7.15. The summed E-state index contributed by atoms with van der Waals surface area (Å²) in [5.41, 5.74) is 5.20. The van der Waals surface area contributed by atoms with E-state index in [-0.39, 0.29) is 5.75 Å². The molecule has 0 amide bonds. The summed E-state index contributed by atoms with van der Waals surface area (Å²) in [5.74, 6) is 0.161. The van der Waals surface area contributed by atoms with Crippen molar-refractivity contribution >= 4 is 11.0 Å². The van der Waals surface area contributed by atoms with Crippen LogP contribution in [0.3, 0.4) is 0 Å². The quantitative estimate of drug-likeness (QED) is 0.479. The van der Waals surface area contributed by atoms with Crippen LogP contribution in [0.5, 0.6) is 5.75 Å². The lowest BCUT2D eigenvalue weighted by Gasteiger charge is -2.12. The zero-order valence-corrected chi connectivity index (χ0v) is 15.8. The number of fused-ring (bicyclic) bond motifs is 1. The molecule has 3 aromatic heterocycles. The van der Waals surface area contributed by atoms with E-state index < -0.39 is 0 Å². The molecular formula is C23H16N6O. The molecule has 3 heterocycles. The predicted octanol–water partition coefficient (Wildman–Crippen LogP) is 4.11. The number of nitrogens with one attached hydrogen (secondary N) is 1. The van der Waals surface area contributed by atoms with Gasteiger partial charge in [-0.3, -0.25) is 5.10 Å². The zero-order valence-electron chi connectivity index (χ0n) is 15.8. The average molecular weight is 392 g/mol. The van der Waals surface area contributed by atoms with E-state index in [9.17, 15) is 10.4 Å². The monoisotopic (exact) mass is 392 g/mol. The molecule has 2 N–H and O–H groups in total. The molecule has 0 fully saturated rings. The Balaban J connectivity index is 1.65. The Bertz CT molecular complexity index is 1360. The maximum atomic E-state index is 10.0. The third-order valence-electron chi connectivity index (χ3n) is 5.02. The van der Waals surface area contributed by atoms with Gasteiger partial charge in [0, 0.05) is 35.5 Å². The molecule has 144 valence electrons. The molecule has 5 rings (SSSR count). The number of benzene rings is 2. The number of aromatic nitrogens is 5. The highest BCUT2D eigenvalue weighted by molar-refractivity contribution is 5.99. The number of hydrogen-bond donors (Lipinski definition) is 2. The standard InChI is InChI=1S/C23H16N6O/c24-11-19-21(16-3-1-15(2-4-16)13-29-10-9-25-14-29)20-12-26-28-23(20)27-22(19)17-5-7-18(30)8-6-17/h1-10,12,14,30H,13H2,(H,26,27,28). The van der Waals surface area contributed by atoms with Crippen LogP contribution in [-0.4, -0.2) is 29.8 Å². The van der Waals surface area contributed by atoms with Crippen molar-refractivity contribution in [2.75, 3.05) is 0 Å². The Hall–Kier alpha value is -4.44. The summed E-state index contributed by atoms with van der Waals surface area (Å²) >= 11 is 0. The van der Waals surface area contributed by atoms with Gasteiger partial charge in [-0.05, 0) is 35.4 Å². The van der Waals surface area contributed by atoms with E-state index in [4.69, 9.17) is 0 Å². The summed E-state index contributed by atoms with van der Waals surface area (Å²) < 4.78 is 2.00. The van der Waals surface area contributed by atoms with Gasteiger partial charge < -0.3 is 9.67 Å². The molecule has 0 saturated heterocycles. The highest BCUT2D eigenvalue weighted by atomic mass is 16.3. The molecule has 2 aromatic carbocycles. The van der Waals surface area contributed by atoms with Gasteiger partial charge in [-0.2, -0.15) is 10.4 Å². The second kappa shape index (κ2) is 7.18. The van der Waals surface area contributed by atoms with Crippen LogP contribution in [0.2, 0.25) is 0 Å². The average Bonchev–Trinajstić information content (AvgIpc) is 3.45. The topological polar surface area (TPSA) is 103 Å². The first-order valence-electron chi connectivity index (χ1n) is 9.34. The fourth-order valence-corrected chi connectivity index (χ4v) is 3.57. The van der Waals surface area contributed by atoms with Crippen molar-refractivity contribution in [1.82, 2.24) is 24.7 Å². The zero-order chi connectivity index (χ0) is 20.5. The summed E-state index contributed by atoms with van der Waals surface area (Å²) in [5, 5.41) is 27.5. The first-order chi connectivity index (χ1) is 14.7.